The highest BCUT2D eigenvalue weighted by Crippen LogP contribution is 2.21. The number of hydrogen-bond donors (Lipinski definition) is 1. The van der Waals surface area contributed by atoms with Crippen LogP contribution in [-0.4, -0.2) is 35.6 Å². The largest absolute Gasteiger partial charge is 0.366 e. The van der Waals surface area contributed by atoms with Crippen LogP contribution in [0.25, 0.3) is 0 Å². The van der Waals surface area contributed by atoms with Crippen molar-refractivity contribution in [3.8, 4) is 6.07 Å². The van der Waals surface area contributed by atoms with Gasteiger partial charge in [0, 0.05) is 25.7 Å². The topological polar surface area (TPSA) is 52.0 Å². The SMILES string of the molecule is CC1CC(C)CN(CC(C)Nc2cccc(C#N)n2)C1. The number of anilines is 1. The molecule has 2 heterocycles. The molecule has 1 aromatic rings. The molecule has 3 unspecified atom stereocenters. The lowest BCUT2D eigenvalue weighted by atomic mass is 9.92. The summed E-state index contributed by atoms with van der Waals surface area (Å²) in [5.74, 6) is 2.35. The van der Waals surface area contributed by atoms with E-state index in [4.69, 9.17) is 5.26 Å². The van der Waals surface area contributed by atoms with Crippen LogP contribution in [-0.2, 0) is 0 Å². The minimum absolute atomic E-state index is 0.328. The first-order valence-corrected chi connectivity index (χ1v) is 7.43. The van der Waals surface area contributed by atoms with Crippen LogP contribution in [0.1, 0.15) is 32.9 Å². The summed E-state index contributed by atoms with van der Waals surface area (Å²) in [4.78, 5) is 6.80. The number of pyridine rings is 1. The van der Waals surface area contributed by atoms with Crippen molar-refractivity contribution in [2.24, 2.45) is 11.8 Å². The van der Waals surface area contributed by atoms with Crippen LogP contribution < -0.4 is 5.32 Å². The molecule has 1 aromatic heterocycles. The summed E-state index contributed by atoms with van der Waals surface area (Å²) in [7, 11) is 0. The van der Waals surface area contributed by atoms with E-state index >= 15 is 0 Å². The number of rotatable bonds is 4. The summed E-state index contributed by atoms with van der Waals surface area (Å²) in [6.45, 7) is 10.2. The number of nitriles is 1. The third-order valence-electron chi connectivity index (χ3n) is 3.73. The van der Waals surface area contributed by atoms with Gasteiger partial charge in [-0.05, 0) is 37.3 Å². The monoisotopic (exact) mass is 272 g/mol. The number of hydrogen-bond acceptors (Lipinski definition) is 4. The van der Waals surface area contributed by atoms with Gasteiger partial charge in [-0.25, -0.2) is 4.98 Å². The maximum atomic E-state index is 8.87. The van der Waals surface area contributed by atoms with Crippen LogP contribution in [0.4, 0.5) is 5.82 Å². The first kappa shape index (κ1) is 14.8. The second-order valence-electron chi connectivity index (χ2n) is 6.23. The molecule has 0 aromatic carbocycles. The van der Waals surface area contributed by atoms with Crippen molar-refractivity contribution in [2.75, 3.05) is 25.0 Å². The van der Waals surface area contributed by atoms with Gasteiger partial charge in [0.05, 0.1) is 0 Å². The number of nitrogens with zero attached hydrogens (tertiary/aromatic N) is 3. The lowest BCUT2D eigenvalue weighted by Gasteiger charge is -2.36. The molecule has 0 saturated carbocycles. The Bertz CT molecular complexity index is 470. The van der Waals surface area contributed by atoms with E-state index in [0.717, 1.165) is 24.2 Å². The lowest BCUT2D eigenvalue weighted by molar-refractivity contribution is 0.138. The van der Waals surface area contributed by atoms with E-state index in [-0.39, 0.29) is 0 Å². The number of likely N-dealkylation sites (tertiary alicyclic amines) is 1. The van der Waals surface area contributed by atoms with Gasteiger partial charge in [-0.1, -0.05) is 19.9 Å². The van der Waals surface area contributed by atoms with Crippen molar-refractivity contribution in [1.82, 2.24) is 9.88 Å². The highest BCUT2D eigenvalue weighted by atomic mass is 15.2. The van der Waals surface area contributed by atoms with Crippen LogP contribution in [0.2, 0.25) is 0 Å². The molecule has 0 spiro atoms. The molecule has 1 aliphatic rings. The molecule has 0 aliphatic carbocycles. The molecule has 108 valence electrons. The lowest BCUT2D eigenvalue weighted by Crippen LogP contribution is -2.43. The first-order valence-electron chi connectivity index (χ1n) is 7.43. The van der Waals surface area contributed by atoms with E-state index in [9.17, 15) is 0 Å². The molecule has 0 amide bonds. The predicted molar refractivity (Wildman–Crippen MR) is 81.4 cm³/mol. The fraction of sp³-hybridized carbons (Fsp3) is 0.625. The molecule has 1 aliphatic heterocycles. The van der Waals surface area contributed by atoms with E-state index in [1.807, 2.05) is 12.1 Å². The average molecular weight is 272 g/mol. The van der Waals surface area contributed by atoms with E-state index < -0.39 is 0 Å². The zero-order valence-electron chi connectivity index (χ0n) is 12.6. The third-order valence-corrected chi connectivity index (χ3v) is 3.73. The molecule has 0 radical (unpaired) electrons. The summed E-state index contributed by atoms with van der Waals surface area (Å²) < 4.78 is 0. The Morgan fingerprint density at radius 2 is 2.10 bits per heavy atom. The Labute approximate surface area is 121 Å². The molecule has 1 fully saturated rings. The van der Waals surface area contributed by atoms with Gasteiger partial charge in [-0.15, -0.1) is 0 Å². The van der Waals surface area contributed by atoms with E-state index in [2.05, 4.69) is 42.0 Å². The molecule has 20 heavy (non-hydrogen) atoms. The number of nitrogens with one attached hydrogen (secondary N) is 1. The molecule has 1 N–H and O–H groups in total. The zero-order valence-corrected chi connectivity index (χ0v) is 12.6. The Morgan fingerprint density at radius 1 is 1.40 bits per heavy atom. The maximum absolute atomic E-state index is 8.87. The fourth-order valence-corrected chi connectivity index (χ4v) is 3.20. The molecular formula is C16H24N4. The molecule has 3 atom stereocenters. The van der Waals surface area contributed by atoms with Crippen LogP contribution in [0.5, 0.6) is 0 Å². The number of aromatic nitrogens is 1. The van der Waals surface area contributed by atoms with Crippen LogP contribution in [0, 0.1) is 23.2 Å². The maximum Gasteiger partial charge on any atom is 0.142 e. The Balaban J connectivity index is 1.88. The van der Waals surface area contributed by atoms with Gasteiger partial charge in [-0.2, -0.15) is 5.26 Å². The average Bonchev–Trinajstić information content (AvgIpc) is 2.37. The molecular weight excluding hydrogens is 248 g/mol. The smallest absolute Gasteiger partial charge is 0.142 e. The van der Waals surface area contributed by atoms with Crippen LogP contribution in [0.15, 0.2) is 18.2 Å². The molecule has 1 saturated heterocycles. The molecule has 0 bridgehead atoms. The summed E-state index contributed by atoms with van der Waals surface area (Å²) in [5.41, 5.74) is 0.461. The van der Waals surface area contributed by atoms with Crippen molar-refractivity contribution in [2.45, 2.75) is 33.2 Å². The first-order chi connectivity index (χ1) is 9.56. The standard InChI is InChI=1S/C16H24N4/c1-12-7-13(2)10-20(9-12)11-14(3)18-16-6-4-5-15(8-17)19-16/h4-6,12-14H,7,9-11H2,1-3H3,(H,18,19). The van der Waals surface area contributed by atoms with Gasteiger partial charge >= 0.3 is 0 Å². The van der Waals surface area contributed by atoms with Crippen molar-refractivity contribution >= 4 is 5.82 Å². The van der Waals surface area contributed by atoms with Gasteiger partial charge in [0.25, 0.3) is 0 Å². The molecule has 4 nitrogen and oxygen atoms in total. The van der Waals surface area contributed by atoms with E-state index in [1.165, 1.54) is 19.5 Å². The second kappa shape index (κ2) is 6.71. The van der Waals surface area contributed by atoms with E-state index in [0.29, 0.717) is 11.7 Å². The van der Waals surface area contributed by atoms with Gasteiger partial charge in [-0.3, -0.25) is 0 Å². The minimum atomic E-state index is 0.328. The summed E-state index contributed by atoms with van der Waals surface area (Å²) in [5, 5.41) is 12.3. The third kappa shape index (κ3) is 4.21. The normalized spacial score (nSPS) is 24.9. The van der Waals surface area contributed by atoms with Crippen LogP contribution >= 0.6 is 0 Å². The van der Waals surface area contributed by atoms with Crippen molar-refractivity contribution in [3.63, 3.8) is 0 Å². The van der Waals surface area contributed by atoms with Crippen molar-refractivity contribution in [1.29, 1.82) is 5.26 Å². The van der Waals surface area contributed by atoms with Gasteiger partial charge in [0.15, 0.2) is 0 Å². The highest BCUT2D eigenvalue weighted by Gasteiger charge is 2.22. The predicted octanol–water partition coefficient (Wildman–Crippen LogP) is 2.73. The molecule has 2 rings (SSSR count). The van der Waals surface area contributed by atoms with Gasteiger partial charge in [0.2, 0.25) is 0 Å². The van der Waals surface area contributed by atoms with E-state index in [1.54, 1.807) is 6.07 Å². The summed E-state index contributed by atoms with van der Waals surface area (Å²) >= 11 is 0. The Hall–Kier alpha value is -1.60. The Kier molecular flexibility index (Phi) is 4.97. The highest BCUT2D eigenvalue weighted by molar-refractivity contribution is 5.39. The second-order valence-corrected chi connectivity index (χ2v) is 6.23. The summed E-state index contributed by atoms with van der Waals surface area (Å²) in [6.07, 6.45) is 1.34. The quantitative estimate of drug-likeness (QED) is 0.915. The number of piperidine rings is 1. The van der Waals surface area contributed by atoms with Gasteiger partial charge < -0.3 is 10.2 Å². The van der Waals surface area contributed by atoms with Crippen molar-refractivity contribution in [3.05, 3.63) is 23.9 Å². The molecule has 4 heteroatoms. The van der Waals surface area contributed by atoms with Gasteiger partial charge in [0.1, 0.15) is 17.6 Å². The minimum Gasteiger partial charge on any atom is -0.366 e. The Morgan fingerprint density at radius 3 is 2.75 bits per heavy atom. The van der Waals surface area contributed by atoms with Crippen LogP contribution in [0.3, 0.4) is 0 Å². The summed E-state index contributed by atoms with van der Waals surface area (Å²) in [6, 6.07) is 7.91. The fourth-order valence-electron chi connectivity index (χ4n) is 3.20. The van der Waals surface area contributed by atoms with Crippen molar-refractivity contribution < 1.29 is 0 Å². The zero-order chi connectivity index (χ0) is 14.5.